The number of nitrogens with zero attached hydrogens (tertiary/aromatic N) is 1. The fraction of sp³-hybridized carbons (Fsp3) is 0.135. The van der Waals surface area contributed by atoms with E-state index in [0.717, 1.165) is 20.9 Å². The topological polar surface area (TPSA) is 67.9 Å². The van der Waals surface area contributed by atoms with Crippen LogP contribution in [0.2, 0.25) is 0 Å². The minimum atomic E-state index is -0.279. The Kier molecular flexibility index (Phi) is 10.3. The van der Waals surface area contributed by atoms with E-state index < -0.39 is 0 Å². The molecular weight excluding hydrogens is 568 g/mol. The summed E-state index contributed by atoms with van der Waals surface area (Å²) in [4.78, 5) is 29.5. The fourth-order valence-electron chi connectivity index (χ4n) is 4.71. The Morgan fingerprint density at radius 2 is 1.34 bits per heavy atom. The Labute approximate surface area is 262 Å². The Hall–Kier alpha value is -5.01. The molecule has 0 radical (unpaired) electrons. The van der Waals surface area contributed by atoms with E-state index in [4.69, 9.17) is 9.47 Å². The van der Waals surface area contributed by atoms with Crippen molar-refractivity contribution in [2.24, 2.45) is 0 Å². The lowest BCUT2D eigenvalue weighted by atomic mass is 10.1. The van der Waals surface area contributed by atoms with Crippen LogP contribution in [0.15, 0.2) is 143 Å². The molecule has 6 nitrogen and oxygen atoms in total. The molecule has 0 aliphatic rings. The molecule has 0 saturated heterocycles. The monoisotopic (exact) mass is 602 g/mol. The summed E-state index contributed by atoms with van der Waals surface area (Å²) in [5.41, 5.74) is 3.24. The second-order valence-electron chi connectivity index (χ2n) is 10.0. The average molecular weight is 603 g/mol. The number of para-hydroxylation sites is 3. The second-order valence-corrected chi connectivity index (χ2v) is 11.2. The molecule has 0 aromatic heterocycles. The molecule has 44 heavy (non-hydrogen) atoms. The number of hydrogen-bond donors (Lipinski definition) is 1. The normalized spacial score (nSPS) is 11.3. The molecule has 0 heterocycles. The number of anilines is 2. The van der Waals surface area contributed by atoms with Crippen molar-refractivity contribution in [2.45, 2.75) is 36.1 Å². The highest BCUT2D eigenvalue weighted by atomic mass is 32.2. The van der Waals surface area contributed by atoms with Crippen LogP contribution in [0.1, 0.15) is 31.0 Å². The lowest BCUT2D eigenvalue weighted by Crippen LogP contribution is -2.37. The summed E-state index contributed by atoms with van der Waals surface area (Å²) in [6, 6.07) is 42.1. The van der Waals surface area contributed by atoms with Gasteiger partial charge in [-0.05, 0) is 85.6 Å². The van der Waals surface area contributed by atoms with Crippen LogP contribution >= 0.6 is 11.8 Å². The third kappa shape index (κ3) is 8.08. The van der Waals surface area contributed by atoms with E-state index >= 15 is 0 Å². The predicted octanol–water partition coefficient (Wildman–Crippen LogP) is 9.54. The molecule has 1 unspecified atom stereocenters. The number of urea groups is 1. The van der Waals surface area contributed by atoms with Gasteiger partial charge in [0.2, 0.25) is 0 Å². The average Bonchev–Trinajstić information content (AvgIpc) is 3.05. The zero-order valence-corrected chi connectivity index (χ0v) is 25.5. The van der Waals surface area contributed by atoms with Gasteiger partial charge in [0, 0.05) is 15.5 Å². The van der Waals surface area contributed by atoms with Gasteiger partial charge in [-0.25, -0.2) is 4.79 Å². The van der Waals surface area contributed by atoms with E-state index in [1.807, 2.05) is 140 Å². The summed E-state index contributed by atoms with van der Waals surface area (Å²) in [5.74, 6) is 1.04. The summed E-state index contributed by atoms with van der Waals surface area (Å²) in [6.45, 7) is 4.19. The molecule has 0 aliphatic heterocycles. The molecule has 2 amide bonds. The van der Waals surface area contributed by atoms with Gasteiger partial charge in [-0.2, -0.15) is 0 Å². The van der Waals surface area contributed by atoms with Crippen LogP contribution in [0.4, 0.5) is 16.2 Å². The number of hydrogen-bond acceptors (Lipinski definition) is 5. The molecule has 5 aromatic rings. The molecular formula is C37H34N2O4S. The van der Waals surface area contributed by atoms with Gasteiger partial charge < -0.3 is 14.8 Å². The Morgan fingerprint density at radius 3 is 2.00 bits per heavy atom. The molecule has 0 spiro atoms. The summed E-state index contributed by atoms with van der Waals surface area (Å²) in [7, 11) is 0. The van der Waals surface area contributed by atoms with Crippen molar-refractivity contribution < 1.29 is 19.1 Å². The van der Waals surface area contributed by atoms with Crippen LogP contribution in [0.5, 0.6) is 11.5 Å². The van der Waals surface area contributed by atoms with E-state index in [0.29, 0.717) is 29.5 Å². The molecule has 5 aromatic carbocycles. The molecule has 0 aliphatic carbocycles. The van der Waals surface area contributed by atoms with Crippen molar-refractivity contribution in [1.82, 2.24) is 0 Å². The highest BCUT2D eigenvalue weighted by molar-refractivity contribution is 7.99. The van der Waals surface area contributed by atoms with Crippen molar-refractivity contribution in [3.05, 3.63) is 145 Å². The number of nitrogens with one attached hydrogen (secondary N) is 1. The zero-order chi connectivity index (χ0) is 30.7. The first-order valence-corrected chi connectivity index (χ1v) is 15.3. The Morgan fingerprint density at radius 1 is 0.750 bits per heavy atom. The van der Waals surface area contributed by atoms with Gasteiger partial charge >= 0.3 is 12.0 Å². The molecule has 0 fully saturated rings. The van der Waals surface area contributed by atoms with E-state index in [9.17, 15) is 9.59 Å². The minimum Gasteiger partial charge on any atom is -0.466 e. The molecule has 7 heteroatoms. The number of carbonyl (C=O) groups excluding carboxylic acids is 2. The number of benzene rings is 5. The van der Waals surface area contributed by atoms with Crippen LogP contribution in [0, 0.1) is 0 Å². The summed E-state index contributed by atoms with van der Waals surface area (Å²) in [6.07, 6.45) is 0.260. The highest BCUT2D eigenvalue weighted by Crippen LogP contribution is 2.37. The van der Waals surface area contributed by atoms with Gasteiger partial charge in [0.1, 0.15) is 5.75 Å². The minimum absolute atomic E-state index is 0.227. The smallest absolute Gasteiger partial charge is 0.327 e. The first-order valence-electron chi connectivity index (χ1n) is 14.5. The van der Waals surface area contributed by atoms with Crippen molar-refractivity contribution in [2.75, 3.05) is 16.8 Å². The van der Waals surface area contributed by atoms with Crippen LogP contribution < -0.4 is 15.0 Å². The van der Waals surface area contributed by atoms with E-state index in [-0.39, 0.29) is 24.5 Å². The van der Waals surface area contributed by atoms with Gasteiger partial charge in [0.15, 0.2) is 5.75 Å². The third-order valence-corrected chi connectivity index (χ3v) is 7.92. The van der Waals surface area contributed by atoms with Crippen LogP contribution in [-0.2, 0) is 16.0 Å². The maximum Gasteiger partial charge on any atom is 0.327 e. The van der Waals surface area contributed by atoms with Crippen molar-refractivity contribution in [1.29, 1.82) is 0 Å². The van der Waals surface area contributed by atoms with Crippen molar-refractivity contribution in [3.8, 4) is 11.5 Å². The van der Waals surface area contributed by atoms with Crippen LogP contribution in [-0.4, -0.2) is 18.6 Å². The molecule has 1 atom stereocenters. The summed E-state index contributed by atoms with van der Waals surface area (Å²) < 4.78 is 11.3. The maximum absolute atomic E-state index is 14.0. The van der Waals surface area contributed by atoms with Gasteiger partial charge in [-0.1, -0.05) is 84.6 Å². The number of esters is 1. The quantitative estimate of drug-likeness (QED) is 0.153. The molecule has 0 bridgehead atoms. The number of amides is 2. The largest absolute Gasteiger partial charge is 0.466 e. The van der Waals surface area contributed by atoms with Gasteiger partial charge in [-0.3, -0.25) is 9.69 Å². The number of ether oxygens (including phenoxy) is 2. The first-order chi connectivity index (χ1) is 21.5. The lowest BCUT2D eigenvalue weighted by Gasteiger charge is -2.31. The van der Waals surface area contributed by atoms with Gasteiger partial charge in [-0.15, -0.1) is 0 Å². The lowest BCUT2D eigenvalue weighted by molar-refractivity contribution is -0.142. The Balaban J connectivity index is 1.33. The Bertz CT molecular complexity index is 1660. The zero-order valence-electron chi connectivity index (χ0n) is 24.7. The third-order valence-electron chi connectivity index (χ3n) is 6.90. The van der Waals surface area contributed by atoms with E-state index in [2.05, 4.69) is 5.32 Å². The SMILES string of the molecule is CCOC(=O)Cc1ccc(Sc2ccc(NC(=O)N(c3ccccc3Oc3ccccc3)C(C)c3ccccc3)cc2)cc1. The van der Waals surface area contributed by atoms with Crippen molar-refractivity contribution >= 4 is 35.1 Å². The number of carbonyl (C=O) groups is 2. The number of rotatable bonds is 11. The second kappa shape index (κ2) is 14.9. The van der Waals surface area contributed by atoms with E-state index in [1.165, 1.54) is 0 Å². The summed E-state index contributed by atoms with van der Waals surface area (Å²) >= 11 is 1.61. The highest BCUT2D eigenvalue weighted by Gasteiger charge is 2.26. The fourth-order valence-corrected chi connectivity index (χ4v) is 5.53. The molecule has 0 saturated carbocycles. The predicted molar refractivity (Wildman–Crippen MR) is 177 cm³/mol. The van der Waals surface area contributed by atoms with E-state index in [1.54, 1.807) is 23.6 Å². The first kappa shape index (κ1) is 30.4. The van der Waals surface area contributed by atoms with Gasteiger partial charge in [0.25, 0.3) is 0 Å². The van der Waals surface area contributed by atoms with Crippen molar-refractivity contribution in [3.63, 3.8) is 0 Å². The molecule has 222 valence electrons. The van der Waals surface area contributed by atoms with Gasteiger partial charge in [0.05, 0.1) is 24.8 Å². The maximum atomic E-state index is 14.0. The summed E-state index contributed by atoms with van der Waals surface area (Å²) in [5, 5.41) is 3.09. The molecule has 1 N–H and O–H groups in total. The van der Waals surface area contributed by atoms with Crippen LogP contribution in [0.3, 0.4) is 0 Å². The molecule has 5 rings (SSSR count). The standard InChI is InChI=1S/C37H34N2O4S/c1-3-42-36(40)26-28-18-22-32(23-19-28)44-33-24-20-30(21-25-33)38-37(41)39(27(2)29-12-6-4-7-13-29)34-16-10-11-17-35(34)43-31-14-8-5-9-15-31/h4-25,27H,3,26H2,1-2H3,(H,38,41). The van der Waals surface area contributed by atoms with Crippen LogP contribution in [0.25, 0.3) is 0 Å².